The number of nitrogens with zero attached hydrogens (tertiary/aromatic N) is 2. The molecule has 0 aliphatic carbocycles. The molecule has 2 rings (SSSR count). The van der Waals surface area contributed by atoms with Crippen LogP contribution in [0.15, 0.2) is 29.0 Å². The zero-order valence-electron chi connectivity index (χ0n) is 11.8. The first-order valence-corrected chi connectivity index (χ1v) is 6.69. The maximum atomic E-state index is 5.63. The molecule has 104 valence electrons. The first-order chi connectivity index (χ1) is 9.13. The summed E-state index contributed by atoms with van der Waals surface area (Å²) >= 11 is 0. The first kappa shape index (κ1) is 13.8. The summed E-state index contributed by atoms with van der Waals surface area (Å²) in [7, 11) is 0. The van der Waals surface area contributed by atoms with Crippen LogP contribution in [-0.4, -0.2) is 9.78 Å². The maximum Gasteiger partial charge on any atom is 0.101 e. The summed E-state index contributed by atoms with van der Waals surface area (Å²) in [5.74, 6) is 6.52. The minimum absolute atomic E-state index is 0.0257. The van der Waals surface area contributed by atoms with Gasteiger partial charge in [-0.15, -0.1) is 0 Å². The van der Waals surface area contributed by atoms with Crippen LogP contribution in [0.1, 0.15) is 49.4 Å². The Balaban J connectivity index is 2.08. The number of nitrogens with two attached hydrogens (primary N) is 1. The molecule has 3 N–H and O–H groups in total. The lowest BCUT2D eigenvalue weighted by molar-refractivity contribution is 0.465. The Kier molecular flexibility index (Phi) is 4.39. The molecule has 2 unspecified atom stereocenters. The van der Waals surface area contributed by atoms with Crippen molar-refractivity contribution in [3.63, 3.8) is 0 Å². The Hall–Kier alpha value is -1.59. The highest BCUT2D eigenvalue weighted by Crippen LogP contribution is 2.20. The van der Waals surface area contributed by atoms with Crippen LogP contribution in [0.3, 0.4) is 0 Å². The molecule has 19 heavy (non-hydrogen) atoms. The highest BCUT2D eigenvalue weighted by atomic mass is 16.3. The molecule has 5 heteroatoms. The van der Waals surface area contributed by atoms with E-state index in [1.54, 1.807) is 6.26 Å². The van der Waals surface area contributed by atoms with Crippen molar-refractivity contribution in [2.45, 2.75) is 45.7 Å². The van der Waals surface area contributed by atoms with Crippen molar-refractivity contribution in [2.75, 3.05) is 0 Å². The van der Waals surface area contributed by atoms with Gasteiger partial charge in [0.1, 0.15) is 5.76 Å². The van der Waals surface area contributed by atoms with Crippen molar-refractivity contribution in [1.82, 2.24) is 15.2 Å². The minimum Gasteiger partial charge on any atom is -0.469 e. The Morgan fingerprint density at radius 2 is 2.32 bits per heavy atom. The van der Waals surface area contributed by atoms with E-state index in [9.17, 15) is 0 Å². The van der Waals surface area contributed by atoms with E-state index in [1.165, 1.54) is 0 Å². The molecule has 2 heterocycles. The van der Waals surface area contributed by atoms with Crippen molar-refractivity contribution in [3.05, 3.63) is 41.6 Å². The lowest BCUT2D eigenvalue weighted by atomic mass is 10.1. The van der Waals surface area contributed by atoms with E-state index < -0.39 is 0 Å². The molecule has 0 saturated heterocycles. The third kappa shape index (κ3) is 3.24. The van der Waals surface area contributed by atoms with E-state index in [0.29, 0.717) is 6.04 Å². The number of hydrazine groups is 1. The zero-order valence-corrected chi connectivity index (χ0v) is 11.8. The average Bonchev–Trinajstić information content (AvgIpc) is 3.04. The standard InChI is InChI=1S/C14H22N4O/c1-4-10(2)18-6-5-13(17-18)8-14(16-15)12-7-11(3)19-9-12/h5-7,9-10,14,16H,4,8,15H2,1-3H3. The van der Waals surface area contributed by atoms with Gasteiger partial charge in [0.05, 0.1) is 18.0 Å². The molecule has 0 fully saturated rings. The van der Waals surface area contributed by atoms with Crippen LogP contribution in [0.2, 0.25) is 0 Å². The number of furan rings is 1. The fourth-order valence-corrected chi connectivity index (χ4v) is 2.05. The Labute approximate surface area is 113 Å². The van der Waals surface area contributed by atoms with Gasteiger partial charge < -0.3 is 4.42 Å². The molecule has 0 spiro atoms. The summed E-state index contributed by atoms with van der Waals surface area (Å²) < 4.78 is 7.33. The Morgan fingerprint density at radius 3 is 2.89 bits per heavy atom. The molecule has 2 aromatic rings. The molecule has 0 saturated carbocycles. The monoisotopic (exact) mass is 262 g/mol. The van der Waals surface area contributed by atoms with Crippen molar-refractivity contribution >= 4 is 0 Å². The molecular formula is C14H22N4O. The highest BCUT2D eigenvalue weighted by Gasteiger charge is 2.15. The van der Waals surface area contributed by atoms with Crippen molar-refractivity contribution in [1.29, 1.82) is 0 Å². The SMILES string of the molecule is CCC(C)n1ccc(CC(NN)c2coc(C)c2)n1. The summed E-state index contributed by atoms with van der Waals surface area (Å²) in [6.07, 6.45) is 5.59. The van der Waals surface area contributed by atoms with Crippen LogP contribution in [-0.2, 0) is 6.42 Å². The molecule has 0 amide bonds. The van der Waals surface area contributed by atoms with E-state index in [0.717, 1.165) is 29.9 Å². The molecule has 0 bridgehead atoms. The molecule has 0 aromatic carbocycles. The second-order valence-corrected chi connectivity index (χ2v) is 4.96. The second-order valence-electron chi connectivity index (χ2n) is 4.96. The summed E-state index contributed by atoms with van der Waals surface area (Å²) in [4.78, 5) is 0. The molecule has 5 nitrogen and oxygen atoms in total. The number of nitrogens with one attached hydrogen (secondary N) is 1. The number of rotatable bonds is 6. The largest absolute Gasteiger partial charge is 0.469 e. The predicted octanol–water partition coefficient (Wildman–Crippen LogP) is 2.50. The van der Waals surface area contributed by atoms with Gasteiger partial charge in [0, 0.05) is 24.2 Å². The van der Waals surface area contributed by atoms with Crippen LogP contribution in [0.4, 0.5) is 0 Å². The quantitative estimate of drug-likeness (QED) is 0.620. The van der Waals surface area contributed by atoms with Crippen molar-refractivity contribution in [2.24, 2.45) is 5.84 Å². The normalized spacial score (nSPS) is 14.5. The molecule has 2 atom stereocenters. The van der Waals surface area contributed by atoms with E-state index >= 15 is 0 Å². The van der Waals surface area contributed by atoms with Crippen LogP contribution in [0, 0.1) is 6.92 Å². The van der Waals surface area contributed by atoms with Gasteiger partial charge in [-0.3, -0.25) is 16.0 Å². The third-order valence-corrected chi connectivity index (χ3v) is 3.47. The first-order valence-electron chi connectivity index (χ1n) is 6.69. The van der Waals surface area contributed by atoms with E-state index in [4.69, 9.17) is 10.3 Å². The van der Waals surface area contributed by atoms with Gasteiger partial charge in [-0.1, -0.05) is 6.92 Å². The summed E-state index contributed by atoms with van der Waals surface area (Å²) in [5.41, 5.74) is 4.91. The molecule has 0 aliphatic rings. The summed E-state index contributed by atoms with van der Waals surface area (Å²) in [5, 5.41) is 4.59. The van der Waals surface area contributed by atoms with E-state index in [-0.39, 0.29) is 6.04 Å². The third-order valence-electron chi connectivity index (χ3n) is 3.47. The number of aromatic nitrogens is 2. The molecular weight excluding hydrogens is 240 g/mol. The predicted molar refractivity (Wildman–Crippen MR) is 74.4 cm³/mol. The van der Waals surface area contributed by atoms with Crippen LogP contribution in [0.5, 0.6) is 0 Å². The summed E-state index contributed by atoms with van der Waals surface area (Å²) in [6.45, 7) is 6.24. The molecule has 2 aromatic heterocycles. The lowest BCUT2D eigenvalue weighted by Crippen LogP contribution is -2.29. The summed E-state index contributed by atoms with van der Waals surface area (Å²) in [6, 6.07) is 4.49. The average molecular weight is 262 g/mol. The number of aryl methyl sites for hydroxylation is 1. The lowest BCUT2D eigenvalue weighted by Gasteiger charge is -2.12. The van der Waals surface area contributed by atoms with Gasteiger partial charge in [0.25, 0.3) is 0 Å². The van der Waals surface area contributed by atoms with Gasteiger partial charge >= 0.3 is 0 Å². The van der Waals surface area contributed by atoms with E-state index in [1.807, 2.05) is 29.9 Å². The Bertz CT molecular complexity index is 517. The van der Waals surface area contributed by atoms with Crippen molar-refractivity contribution < 1.29 is 4.42 Å². The second kappa shape index (κ2) is 6.04. The molecule has 0 radical (unpaired) electrons. The van der Waals surface area contributed by atoms with Gasteiger partial charge in [-0.25, -0.2) is 0 Å². The van der Waals surface area contributed by atoms with Crippen LogP contribution >= 0.6 is 0 Å². The minimum atomic E-state index is 0.0257. The zero-order chi connectivity index (χ0) is 13.8. The Morgan fingerprint density at radius 1 is 1.53 bits per heavy atom. The molecule has 0 aliphatic heterocycles. The fraction of sp³-hybridized carbons (Fsp3) is 0.500. The van der Waals surface area contributed by atoms with Gasteiger partial charge in [-0.05, 0) is 32.4 Å². The fourth-order valence-electron chi connectivity index (χ4n) is 2.05. The smallest absolute Gasteiger partial charge is 0.101 e. The van der Waals surface area contributed by atoms with Gasteiger partial charge in [0.15, 0.2) is 0 Å². The van der Waals surface area contributed by atoms with Gasteiger partial charge in [-0.2, -0.15) is 5.10 Å². The number of hydrogen-bond donors (Lipinski definition) is 2. The highest BCUT2D eigenvalue weighted by molar-refractivity contribution is 5.18. The van der Waals surface area contributed by atoms with Gasteiger partial charge in [0.2, 0.25) is 0 Å². The topological polar surface area (TPSA) is 69.0 Å². The maximum absolute atomic E-state index is 5.63. The van der Waals surface area contributed by atoms with E-state index in [2.05, 4.69) is 24.4 Å². The van der Waals surface area contributed by atoms with Crippen LogP contribution < -0.4 is 11.3 Å². The van der Waals surface area contributed by atoms with Crippen LogP contribution in [0.25, 0.3) is 0 Å². The number of hydrogen-bond acceptors (Lipinski definition) is 4. The van der Waals surface area contributed by atoms with Crippen molar-refractivity contribution in [3.8, 4) is 0 Å².